The number of carbonyl (C=O) groups excluding carboxylic acids is 1. The van der Waals surface area contributed by atoms with Gasteiger partial charge in [0.2, 0.25) is 5.84 Å². The van der Waals surface area contributed by atoms with Crippen molar-refractivity contribution in [3.63, 3.8) is 0 Å². The second kappa shape index (κ2) is 17.9. The molecule has 4 heteroatoms. The summed E-state index contributed by atoms with van der Waals surface area (Å²) in [5, 5.41) is 14.3. The lowest BCUT2D eigenvalue weighted by Gasteiger charge is -2.01. The van der Waals surface area contributed by atoms with Crippen molar-refractivity contribution < 1.29 is 15.3 Å². The topological polar surface area (TPSA) is 91.7 Å². The monoisotopic (exact) mass is 286 g/mol. The molecule has 0 rings (SSSR count). The fourth-order valence-electron chi connectivity index (χ4n) is 1.99. The zero-order valence-electron chi connectivity index (χ0n) is 13.5. The van der Waals surface area contributed by atoms with E-state index >= 15 is 0 Å². The molecule has 4 N–H and O–H groups in total. The molecule has 20 heavy (non-hydrogen) atoms. The summed E-state index contributed by atoms with van der Waals surface area (Å²) < 4.78 is 0. The van der Waals surface area contributed by atoms with Crippen LogP contribution in [0.2, 0.25) is 0 Å². The number of nitrogens with two attached hydrogens (primary N) is 2. The van der Waals surface area contributed by atoms with E-state index in [0.29, 0.717) is 5.84 Å². The van der Waals surface area contributed by atoms with E-state index in [4.69, 9.17) is 21.0 Å². The van der Waals surface area contributed by atoms with Gasteiger partial charge in [0.1, 0.15) is 0 Å². The second-order valence-electron chi connectivity index (χ2n) is 5.35. The van der Waals surface area contributed by atoms with Gasteiger partial charge in [-0.05, 0) is 13.3 Å². The predicted octanol–water partition coefficient (Wildman–Crippen LogP) is 1.56. The van der Waals surface area contributed by atoms with E-state index in [2.05, 4.69) is 6.92 Å². The Kier molecular flexibility index (Phi) is 19.1. The van der Waals surface area contributed by atoms with Crippen LogP contribution in [0.25, 0.3) is 0 Å². The standard InChI is InChI=1S/C14H30N2.C2H4O2/c1-2-3-4-5-6-7-8-9-10-11-12-13-14(15)16;1-2(3)4/h2-13H2,1H3,(H3,15,16);1H3,(H,3,4). The van der Waals surface area contributed by atoms with E-state index in [1.54, 1.807) is 0 Å². The predicted molar refractivity (Wildman–Crippen MR) is 82.9 cm³/mol. The number of unbranched alkanes of at least 4 members (excludes halogenated alkanes) is 10. The number of hydrogen-bond acceptors (Lipinski definition) is 2. The second-order valence-corrected chi connectivity index (χ2v) is 5.35. The van der Waals surface area contributed by atoms with Crippen LogP contribution in [-0.4, -0.2) is 11.8 Å². The fraction of sp³-hybridized carbons (Fsp3) is 0.875. The number of carboxylic acid groups (broad SMARTS) is 1. The minimum atomic E-state index is -1.08. The van der Waals surface area contributed by atoms with E-state index in [1.165, 1.54) is 70.6 Å². The Labute approximate surface area is 124 Å². The highest BCUT2D eigenvalue weighted by molar-refractivity contribution is 5.73. The van der Waals surface area contributed by atoms with E-state index in [-0.39, 0.29) is 0 Å². The quantitative estimate of drug-likeness (QED) is 0.324. The molecule has 0 unspecified atom stereocenters. The number of rotatable bonds is 12. The number of aliphatic carboxylic acids is 1. The van der Waals surface area contributed by atoms with Gasteiger partial charge in [-0.1, -0.05) is 71.1 Å². The van der Waals surface area contributed by atoms with Crippen molar-refractivity contribution in [3.8, 4) is 0 Å². The Hall–Kier alpha value is -1.06. The Morgan fingerprint density at radius 1 is 0.900 bits per heavy atom. The first kappa shape index (κ1) is 21.2. The summed E-state index contributed by atoms with van der Waals surface area (Å²) in [5.74, 6) is -0.490. The molecule has 0 atom stereocenters. The van der Waals surface area contributed by atoms with Gasteiger partial charge in [-0.15, -0.1) is 0 Å². The molecule has 120 valence electrons. The fourth-order valence-corrected chi connectivity index (χ4v) is 1.99. The summed E-state index contributed by atoms with van der Waals surface area (Å²) in [5.41, 5.74) is 5.41. The summed E-state index contributed by atoms with van der Waals surface area (Å²) >= 11 is 0. The summed E-state index contributed by atoms with van der Waals surface area (Å²) in [6.45, 7) is 3.24. The van der Waals surface area contributed by atoms with E-state index in [9.17, 15) is 0 Å². The Bertz CT molecular complexity index is 227. The first-order valence-corrected chi connectivity index (χ1v) is 8.05. The summed E-state index contributed by atoms with van der Waals surface area (Å²) in [7, 11) is 0. The Morgan fingerprint density at radius 3 is 1.50 bits per heavy atom. The average molecular weight is 286 g/mol. The van der Waals surface area contributed by atoms with E-state index < -0.39 is 5.97 Å². The van der Waals surface area contributed by atoms with Gasteiger partial charge in [0.05, 0.1) is 0 Å². The van der Waals surface area contributed by atoms with Gasteiger partial charge in [-0.2, -0.15) is 0 Å². The maximum absolute atomic E-state index is 8.89. The zero-order valence-corrected chi connectivity index (χ0v) is 13.5. The zero-order chi connectivity index (χ0) is 15.6. The third-order valence-electron chi connectivity index (χ3n) is 3.07. The van der Waals surface area contributed by atoms with Gasteiger partial charge >= 0.3 is 0 Å². The van der Waals surface area contributed by atoms with Crippen LogP contribution >= 0.6 is 0 Å². The maximum Gasteiger partial charge on any atom is 0.238 e. The third kappa shape index (κ3) is 30.2. The molecule has 0 radical (unpaired) electrons. The van der Waals surface area contributed by atoms with E-state index in [0.717, 1.165) is 13.3 Å². The number of amidine groups is 1. The lowest BCUT2D eigenvalue weighted by molar-refractivity contribution is -0.302. The van der Waals surface area contributed by atoms with Gasteiger partial charge in [-0.25, -0.2) is 0 Å². The molecule has 0 saturated carbocycles. The lowest BCUT2D eigenvalue weighted by Crippen LogP contribution is -2.45. The Balaban J connectivity index is 0. The van der Waals surface area contributed by atoms with Gasteiger partial charge < -0.3 is 9.90 Å². The third-order valence-corrected chi connectivity index (χ3v) is 3.07. The van der Waals surface area contributed by atoms with Gasteiger partial charge in [-0.3, -0.25) is 11.1 Å². The molecular formula is C16H34N2O2. The average Bonchev–Trinajstić information content (AvgIpc) is 2.35. The van der Waals surface area contributed by atoms with Gasteiger partial charge in [0, 0.05) is 12.4 Å². The number of carbonyl (C=O) groups is 1. The number of carboxylic acids is 1. The molecule has 0 aromatic carbocycles. The largest absolute Gasteiger partial charge is 0.550 e. The normalized spacial score (nSPS) is 9.70. The maximum atomic E-state index is 8.89. The van der Waals surface area contributed by atoms with Crippen LogP contribution in [0.3, 0.4) is 0 Å². The highest BCUT2D eigenvalue weighted by Crippen LogP contribution is 2.11. The minimum absolute atomic E-state index is 0.593. The van der Waals surface area contributed by atoms with Crippen molar-refractivity contribution in [1.29, 1.82) is 0 Å². The van der Waals surface area contributed by atoms with Crippen molar-refractivity contribution in [3.05, 3.63) is 0 Å². The smallest absolute Gasteiger partial charge is 0.238 e. The molecule has 0 bridgehead atoms. The first-order valence-electron chi connectivity index (χ1n) is 8.05. The van der Waals surface area contributed by atoms with Crippen molar-refractivity contribution >= 4 is 11.8 Å². The van der Waals surface area contributed by atoms with Crippen molar-refractivity contribution in [2.24, 2.45) is 5.73 Å². The molecular weight excluding hydrogens is 252 g/mol. The molecule has 0 saturated heterocycles. The van der Waals surface area contributed by atoms with Gasteiger partial charge in [0.15, 0.2) is 0 Å². The first-order chi connectivity index (χ1) is 9.50. The summed E-state index contributed by atoms with van der Waals surface area (Å²) in [4.78, 5) is 8.89. The molecule has 0 spiro atoms. The SMILES string of the molecule is CC(=O)[O-].CCCCCCCCCCCCCC(N)=[NH2+]. The highest BCUT2D eigenvalue weighted by atomic mass is 16.4. The molecule has 0 aliphatic heterocycles. The summed E-state index contributed by atoms with van der Waals surface area (Å²) in [6.07, 6.45) is 16.0. The van der Waals surface area contributed by atoms with Gasteiger partial charge in [0.25, 0.3) is 0 Å². The van der Waals surface area contributed by atoms with Crippen LogP contribution in [-0.2, 0) is 4.79 Å². The van der Waals surface area contributed by atoms with Crippen LogP contribution in [0.15, 0.2) is 0 Å². The molecule has 0 aromatic rings. The lowest BCUT2D eigenvalue weighted by atomic mass is 10.1. The molecule has 0 amide bonds. The minimum Gasteiger partial charge on any atom is -0.550 e. The Morgan fingerprint density at radius 2 is 1.20 bits per heavy atom. The van der Waals surface area contributed by atoms with Crippen LogP contribution < -0.4 is 16.2 Å². The molecule has 0 aromatic heterocycles. The molecule has 0 fully saturated rings. The highest BCUT2D eigenvalue weighted by Gasteiger charge is 1.96. The molecule has 0 aliphatic rings. The summed E-state index contributed by atoms with van der Waals surface area (Å²) in [6, 6.07) is 0. The van der Waals surface area contributed by atoms with Crippen LogP contribution in [0, 0.1) is 0 Å². The van der Waals surface area contributed by atoms with Crippen molar-refractivity contribution in [2.75, 3.05) is 0 Å². The number of hydrogen-bond donors (Lipinski definition) is 2. The van der Waals surface area contributed by atoms with Crippen LogP contribution in [0.1, 0.15) is 90.9 Å². The molecule has 0 heterocycles. The van der Waals surface area contributed by atoms with Crippen LogP contribution in [0.5, 0.6) is 0 Å². The van der Waals surface area contributed by atoms with Crippen molar-refractivity contribution in [1.82, 2.24) is 0 Å². The molecule has 4 nitrogen and oxygen atoms in total. The van der Waals surface area contributed by atoms with Crippen LogP contribution in [0.4, 0.5) is 0 Å². The molecule has 0 aliphatic carbocycles. The van der Waals surface area contributed by atoms with Crippen molar-refractivity contribution in [2.45, 2.75) is 90.9 Å². The van der Waals surface area contributed by atoms with E-state index in [1.807, 2.05) is 0 Å².